The summed E-state index contributed by atoms with van der Waals surface area (Å²) in [5.74, 6) is 1.22. The van der Waals surface area contributed by atoms with E-state index in [1.54, 1.807) is 7.11 Å². The fourth-order valence-corrected chi connectivity index (χ4v) is 2.23. The predicted octanol–water partition coefficient (Wildman–Crippen LogP) is 3.79. The summed E-state index contributed by atoms with van der Waals surface area (Å²) >= 11 is 0. The Morgan fingerprint density at radius 2 is 2.06 bits per heavy atom. The van der Waals surface area contributed by atoms with Crippen molar-refractivity contribution in [3.8, 4) is 0 Å². The molecule has 0 aromatic carbocycles. The fourth-order valence-electron chi connectivity index (χ4n) is 2.23. The van der Waals surface area contributed by atoms with Gasteiger partial charge in [0.2, 0.25) is 5.90 Å². The van der Waals surface area contributed by atoms with Gasteiger partial charge < -0.3 is 4.74 Å². The smallest absolute Gasteiger partial charge is 0.213 e. The van der Waals surface area contributed by atoms with Gasteiger partial charge in [0.1, 0.15) is 0 Å². The zero-order valence-electron chi connectivity index (χ0n) is 10.9. The predicted molar refractivity (Wildman–Crippen MR) is 71.9 cm³/mol. The molecule has 2 rings (SSSR count). The number of allylic oxidation sites excluding steroid dienone is 6. The third kappa shape index (κ3) is 2.41. The van der Waals surface area contributed by atoms with Crippen LogP contribution in [-0.4, -0.2) is 13.0 Å². The molecule has 2 aliphatic rings. The molecule has 0 N–H and O–H groups in total. The topological polar surface area (TPSA) is 21.6 Å². The maximum atomic E-state index is 5.21. The van der Waals surface area contributed by atoms with Crippen LogP contribution >= 0.6 is 0 Å². The number of fused-ring (bicyclic) bond motifs is 2. The minimum Gasteiger partial charge on any atom is -0.481 e. The normalized spacial score (nSPS) is 19.5. The van der Waals surface area contributed by atoms with Crippen LogP contribution in [0.15, 0.2) is 51.7 Å². The molecule has 2 bridgehead atoms. The van der Waals surface area contributed by atoms with Crippen molar-refractivity contribution in [3.05, 3.63) is 46.7 Å². The Kier molecular flexibility index (Phi) is 3.32. The van der Waals surface area contributed by atoms with Gasteiger partial charge >= 0.3 is 0 Å². The average Bonchev–Trinajstić information content (AvgIpc) is 2.59. The number of rotatable bonds is 1. The van der Waals surface area contributed by atoms with Crippen molar-refractivity contribution in [2.45, 2.75) is 27.2 Å². The largest absolute Gasteiger partial charge is 0.481 e. The third-order valence-corrected chi connectivity index (χ3v) is 3.27. The highest BCUT2D eigenvalue weighted by atomic mass is 16.5. The van der Waals surface area contributed by atoms with Crippen molar-refractivity contribution in [2.24, 2.45) is 10.9 Å². The van der Waals surface area contributed by atoms with E-state index in [-0.39, 0.29) is 0 Å². The molecule has 0 radical (unpaired) electrons. The summed E-state index contributed by atoms with van der Waals surface area (Å²) in [6.07, 6.45) is 9.29. The summed E-state index contributed by atoms with van der Waals surface area (Å²) in [5, 5.41) is 0. The van der Waals surface area contributed by atoms with E-state index in [2.05, 4.69) is 37.9 Å². The lowest BCUT2D eigenvalue weighted by Crippen LogP contribution is -1.97. The Labute approximate surface area is 103 Å². The Hall–Kier alpha value is -1.57. The molecule has 0 aromatic rings. The molecule has 1 aliphatic heterocycles. The minimum atomic E-state index is 0.541. The Morgan fingerprint density at radius 1 is 1.29 bits per heavy atom. The van der Waals surface area contributed by atoms with Crippen molar-refractivity contribution >= 4 is 5.90 Å². The molecule has 0 spiro atoms. The van der Waals surface area contributed by atoms with Crippen LogP contribution in [0.3, 0.4) is 0 Å². The average molecular weight is 229 g/mol. The molecule has 2 nitrogen and oxygen atoms in total. The van der Waals surface area contributed by atoms with Gasteiger partial charge in [0.25, 0.3) is 0 Å². The monoisotopic (exact) mass is 229 g/mol. The summed E-state index contributed by atoms with van der Waals surface area (Å²) in [5.41, 5.74) is 5.29. The van der Waals surface area contributed by atoms with Gasteiger partial charge in [0, 0.05) is 12.3 Å². The standard InChI is InChI=1S/C15H19NO/c1-10(2)14-6-5-12-7-13(11(14)3)9-16-15(8-12)17-4/h5-6,8-10H,7H2,1-4H3. The minimum absolute atomic E-state index is 0.541. The second-order valence-corrected chi connectivity index (χ2v) is 4.79. The first-order valence-corrected chi connectivity index (χ1v) is 6.02. The molecule has 1 aliphatic carbocycles. The van der Waals surface area contributed by atoms with Crippen LogP contribution in [-0.2, 0) is 4.74 Å². The highest BCUT2D eigenvalue weighted by Crippen LogP contribution is 2.31. The third-order valence-electron chi connectivity index (χ3n) is 3.27. The number of hydrogen-bond acceptors (Lipinski definition) is 2. The van der Waals surface area contributed by atoms with Crippen LogP contribution in [0.2, 0.25) is 0 Å². The van der Waals surface area contributed by atoms with E-state index >= 15 is 0 Å². The highest BCUT2D eigenvalue weighted by molar-refractivity contribution is 5.90. The molecule has 0 aromatic heterocycles. The van der Waals surface area contributed by atoms with Gasteiger partial charge in [0.15, 0.2) is 0 Å². The summed E-state index contributed by atoms with van der Waals surface area (Å²) in [4.78, 5) is 4.36. The first-order chi connectivity index (χ1) is 8.11. The summed E-state index contributed by atoms with van der Waals surface area (Å²) < 4.78 is 5.21. The molecule has 0 amide bonds. The summed E-state index contributed by atoms with van der Waals surface area (Å²) in [6, 6.07) is 0. The number of methoxy groups -OCH3 is 1. The molecule has 1 heterocycles. The van der Waals surface area contributed by atoms with Gasteiger partial charge in [-0.05, 0) is 41.6 Å². The molecule has 0 saturated heterocycles. The lowest BCUT2D eigenvalue weighted by Gasteiger charge is -2.12. The second kappa shape index (κ2) is 4.74. The molecule has 0 unspecified atom stereocenters. The van der Waals surface area contributed by atoms with E-state index in [0.717, 1.165) is 6.42 Å². The Morgan fingerprint density at radius 3 is 2.71 bits per heavy atom. The highest BCUT2D eigenvalue weighted by Gasteiger charge is 2.15. The molecule has 0 saturated carbocycles. The molecule has 2 heteroatoms. The molecule has 17 heavy (non-hydrogen) atoms. The zero-order chi connectivity index (χ0) is 12.4. The van der Waals surface area contributed by atoms with Gasteiger partial charge in [-0.2, -0.15) is 0 Å². The van der Waals surface area contributed by atoms with Crippen LogP contribution in [0, 0.1) is 5.92 Å². The van der Waals surface area contributed by atoms with Gasteiger partial charge in [-0.15, -0.1) is 0 Å². The molecular formula is C15H19NO. The zero-order valence-corrected chi connectivity index (χ0v) is 10.9. The molecule has 0 atom stereocenters. The lowest BCUT2D eigenvalue weighted by molar-refractivity contribution is 0.407. The van der Waals surface area contributed by atoms with Crippen LogP contribution < -0.4 is 0 Å². The van der Waals surface area contributed by atoms with E-state index in [4.69, 9.17) is 4.74 Å². The maximum Gasteiger partial charge on any atom is 0.213 e. The lowest BCUT2D eigenvalue weighted by atomic mass is 9.94. The van der Waals surface area contributed by atoms with Crippen LogP contribution in [0.1, 0.15) is 27.2 Å². The number of ether oxygens (including phenoxy) is 1. The van der Waals surface area contributed by atoms with Crippen molar-refractivity contribution in [1.82, 2.24) is 0 Å². The van der Waals surface area contributed by atoms with Gasteiger partial charge in [-0.1, -0.05) is 26.0 Å². The van der Waals surface area contributed by atoms with Gasteiger partial charge in [0.05, 0.1) is 7.11 Å². The fraction of sp³-hybridized carbons (Fsp3) is 0.400. The maximum absolute atomic E-state index is 5.21. The quantitative estimate of drug-likeness (QED) is 0.670. The Balaban J connectivity index is 2.51. The molecular weight excluding hydrogens is 210 g/mol. The van der Waals surface area contributed by atoms with E-state index in [1.165, 1.54) is 22.3 Å². The first kappa shape index (κ1) is 11.9. The van der Waals surface area contributed by atoms with Crippen molar-refractivity contribution in [2.75, 3.05) is 7.11 Å². The summed E-state index contributed by atoms with van der Waals surface area (Å²) in [6.45, 7) is 6.64. The SMILES string of the molecule is COC1=NC=C2CC(=C1)C=CC(C(C)C)=C2C. The Bertz CT molecular complexity index is 473. The van der Waals surface area contributed by atoms with E-state index in [0.29, 0.717) is 11.8 Å². The molecule has 0 fully saturated rings. The van der Waals surface area contributed by atoms with Crippen LogP contribution in [0.4, 0.5) is 0 Å². The van der Waals surface area contributed by atoms with Crippen molar-refractivity contribution in [3.63, 3.8) is 0 Å². The number of nitrogens with zero attached hydrogens (tertiary/aromatic N) is 1. The second-order valence-electron chi connectivity index (χ2n) is 4.79. The van der Waals surface area contributed by atoms with E-state index in [1.807, 2.05) is 12.3 Å². The summed E-state index contributed by atoms with van der Waals surface area (Å²) in [7, 11) is 1.66. The first-order valence-electron chi connectivity index (χ1n) is 6.02. The van der Waals surface area contributed by atoms with Crippen LogP contribution in [0.5, 0.6) is 0 Å². The molecule has 90 valence electrons. The van der Waals surface area contributed by atoms with Crippen molar-refractivity contribution < 1.29 is 4.74 Å². The number of hydrogen-bond donors (Lipinski definition) is 0. The van der Waals surface area contributed by atoms with E-state index < -0.39 is 0 Å². The van der Waals surface area contributed by atoms with Gasteiger partial charge in [-0.25, -0.2) is 4.99 Å². The van der Waals surface area contributed by atoms with Crippen molar-refractivity contribution in [1.29, 1.82) is 0 Å². The van der Waals surface area contributed by atoms with Gasteiger partial charge in [-0.3, -0.25) is 0 Å². The van der Waals surface area contributed by atoms with E-state index in [9.17, 15) is 0 Å². The van der Waals surface area contributed by atoms with Crippen LogP contribution in [0.25, 0.3) is 0 Å². The number of aliphatic imine (C=N–C) groups is 1.